The van der Waals surface area contributed by atoms with Crippen LogP contribution < -0.4 is 16.4 Å². The van der Waals surface area contributed by atoms with Crippen LogP contribution in [0.5, 0.6) is 0 Å². The van der Waals surface area contributed by atoms with Crippen molar-refractivity contribution < 1.29 is 14.6 Å². The second-order valence-corrected chi connectivity index (χ2v) is 5.04. The third-order valence-corrected chi connectivity index (χ3v) is 3.15. The topological polar surface area (TPSA) is 122 Å². The number of esters is 1. The lowest BCUT2D eigenvalue weighted by Gasteiger charge is -2.19. The number of aliphatic imine (C=N–C) groups is 1. The first-order valence-corrected chi connectivity index (χ1v) is 7.78. The van der Waals surface area contributed by atoms with Crippen molar-refractivity contribution in [3.05, 3.63) is 35.3 Å². The predicted octanol–water partition coefficient (Wildman–Crippen LogP) is 0.792. The highest BCUT2D eigenvalue weighted by Crippen LogP contribution is 2.17. The molecule has 0 radical (unpaired) electrons. The maximum absolute atomic E-state index is 12.2. The lowest BCUT2D eigenvalue weighted by Crippen LogP contribution is -2.34. The molecule has 9 heteroatoms. The fourth-order valence-corrected chi connectivity index (χ4v) is 2.16. The van der Waals surface area contributed by atoms with Crippen LogP contribution in [-0.2, 0) is 9.53 Å². The van der Waals surface area contributed by atoms with Gasteiger partial charge in [-0.3, -0.25) is 9.98 Å². The van der Waals surface area contributed by atoms with E-state index in [1.165, 1.54) is 0 Å². The number of anilines is 1. The standard InChI is InChI=1S/C15H22ClN5O3/c1-3-24-14(23)12(13(16)21-15(17)19-8-9-22)10(2)20-11-4-6-18-7-5-11/h4-7,10,22H,3,8-9H2,1-2H3,(H,18,20)(H3,17,19,21)/b13-12+. The van der Waals surface area contributed by atoms with Gasteiger partial charge in [-0.25, -0.2) is 4.79 Å². The van der Waals surface area contributed by atoms with Crippen LogP contribution in [0.15, 0.2) is 40.2 Å². The van der Waals surface area contributed by atoms with Crippen molar-refractivity contribution in [2.45, 2.75) is 19.9 Å². The molecule has 8 nitrogen and oxygen atoms in total. The fourth-order valence-electron chi connectivity index (χ4n) is 1.83. The summed E-state index contributed by atoms with van der Waals surface area (Å²) < 4.78 is 5.05. The van der Waals surface area contributed by atoms with Crippen molar-refractivity contribution in [3.8, 4) is 0 Å². The second kappa shape index (κ2) is 10.5. The lowest BCUT2D eigenvalue weighted by molar-refractivity contribution is -0.138. The van der Waals surface area contributed by atoms with E-state index >= 15 is 0 Å². The monoisotopic (exact) mass is 355 g/mol. The van der Waals surface area contributed by atoms with Gasteiger partial charge in [-0.05, 0) is 26.0 Å². The molecule has 0 aromatic carbocycles. The SMILES string of the molecule is CCOC(=O)/C(=C(\Cl)NC(N)=NCCO)C(C)Nc1ccncc1. The highest BCUT2D eigenvalue weighted by molar-refractivity contribution is 6.32. The quantitative estimate of drug-likeness (QED) is 0.179. The van der Waals surface area contributed by atoms with Crippen molar-refractivity contribution in [1.29, 1.82) is 0 Å². The van der Waals surface area contributed by atoms with E-state index in [0.717, 1.165) is 5.69 Å². The Labute approximate surface area is 145 Å². The number of nitrogens with zero attached hydrogens (tertiary/aromatic N) is 2. The third-order valence-electron chi connectivity index (χ3n) is 2.85. The highest BCUT2D eigenvalue weighted by Gasteiger charge is 2.23. The van der Waals surface area contributed by atoms with E-state index in [1.54, 1.807) is 38.4 Å². The molecule has 0 saturated heterocycles. The van der Waals surface area contributed by atoms with Crippen LogP contribution in [0, 0.1) is 0 Å². The molecule has 132 valence electrons. The number of halogens is 1. The summed E-state index contributed by atoms with van der Waals surface area (Å²) in [4.78, 5) is 20.0. The number of hydrogen-bond acceptors (Lipinski definition) is 6. The van der Waals surface area contributed by atoms with E-state index in [-0.39, 0.29) is 36.4 Å². The number of rotatable bonds is 8. The molecule has 1 atom stereocenters. The summed E-state index contributed by atoms with van der Waals surface area (Å²) in [5.41, 5.74) is 6.60. The van der Waals surface area contributed by atoms with Gasteiger partial charge in [0.1, 0.15) is 5.16 Å². The average molecular weight is 356 g/mol. The Balaban J connectivity index is 3.01. The molecule has 1 aromatic rings. The van der Waals surface area contributed by atoms with E-state index in [0.29, 0.717) is 0 Å². The van der Waals surface area contributed by atoms with Crippen LogP contribution in [-0.4, -0.2) is 47.8 Å². The summed E-state index contributed by atoms with van der Waals surface area (Å²) in [6.45, 7) is 3.66. The van der Waals surface area contributed by atoms with E-state index in [1.807, 2.05) is 0 Å². The number of nitrogens with two attached hydrogens (primary N) is 1. The zero-order valence-electron chi connectivity index (χ0n) is 13.6. The van der Waals surface area contributed by atoms with Gasteiger partial charge in [-0.15, -0.1) is 0 Å². The molecule has 5 N–H and O–H groups in total. The van der Waals surface area contributed by atoms with Crippen molar-refractivity contribution in [1.82, 2.24) is 10.3 Å². The summed E-state index contributed by atoms with van der Waals surface area (Å²) in [5.74, 6) is -0.578. The lowest BCUT2D eigenvalue weighted by atomic mass is 10.1. The van der Waals surface area contributed by atoms with Gasteiger partial charge in [0.2, 0.25) is 0 Å². The first kappa shape index (κ1) is 19.7. The molecule has 1 unspecified atom stereocenters. The minimum atomic E-state index is -0.570. The molecule has 0 saturated carbocycles. The average Bonchev–Trinajstić information content (AvgIpc) is 2.54. The summed E-state index contributed by atoms with van der Waals surface area (Å²) in [6, 6.07) is 3.06. The molecule has 0 spiro atoms. The molecule has 0 fully saturated rings. The van der Waals surface area contributed by atoms with Gasteiger partial charge in [-0.2, -0.15) is 0 Å². The first-order chi connectivity index (χ1) is 11.5. The van der Waals surface area contributed by atoms with E-state index in [9.17, 15) is 4.79 Å². The number of aliphatic hydroxyl groups is 1. The fraction of sp³-hybridized carbons (Fsp3) is 0.400. The maximum atomic E-state index is 12.2. The number of aromatic nitrogens is 1. The van der Waals surface area contributed by atoms with Crippen LogP contribution >= 0.6 is 11.6 Å². The predicted molar refractivity (Wildman–Crippen MR) is 93.5 cm³/mol. The normalized spacial score (nSPS) is 13.8. The van der Waals surface area contributed by atoms with Gasteiger partial charge in [0, 0.05) is 18.1 Å². The first-order valence-electron chi connectivity index (χ1n) is 7.40. The van der Waals surface area contributed by atoms with Crippen molar-refractivity contribution >= 4 is 29.2 Å². The van der Waals surface area contributed by atoms with Gasteiger partial charge < -0.3 is 26.2 Å². The Kier molecular flexibility index (Phi) is 8.59. The van der Waals surface area contributed by atoms with Gasteiger partial charge in [0.05, 0.1) is 31.4 Å². The highest BCUT2D eigenvalue weighted by atomic mass is 35.5. The molecule has 1 aromatic heterocycles. The van der Waals surface area contributed by atoms with Crippen LogP contribution in [0.3, 0.4) is 0 Å². The number of carbonyl (C=O) groups excluding carboxylic acids is 1. The van der Waals surface area contributed by atoms with Gasteiger partial charge >= 0.3 is 5.97 Å². The van der Waals surface area contributed by atoms with Crippen LogP contribution in [0.1, 0.15) is 13.8 Å². The minimum absolute atomic E-state index is 0.00157. The number of carbonyl (C=O) groups is 1. The van der Waals surface area contributed by atoms with Gasteiger partial charge in [0.15, 0.2) is 5.96 Å². The molecule has 1 rings (SSSR count). The third kappa shape index (κ3) is 6.43. The van der Waals surface area contributed by atoms with E-state index in [4.69, 9.17) is 27.2 Å². The summed E-state index contributed by atoms with van der Waals surface area (Å²) in [5, 5.41) is 14.5. The molecule has 24 heavy (non-hydrogen) atoms. The van der Waals surface area contributed by atoms with Gasteiger partial charge in [-0.1, -0.05) is 11.6 Å². The minimum Gasteiger partial charge on any atom is -0.462 e. The van der Waals surface area contributed by atoms with E-state index < -0.39 is 12.0 Å². The number of guanidine groups is 1. The molecule has 0 bridgehead atoms. The molecular weight excluding hydrogens is 334 g/mol. The Hall–Kier alpha value is -2.32. The van der Waals surface area contributed by atoms with Crippen molar-refractivity contribution in [2.75, 3.05) is 25.1 Å². The van der Waals surface area contributed by atoms with Crippen molar-refractivity contribution in [2.24, 2.45) is 10.7 Å². The maximum Gasteiger partial charge on any atom is 0.339 e. The van der Waals surface area contributed by atoms with Crippen LogP contribution in [0.4, 0.5) is 5.69 Å². The number of hydrogen-bond donors (Lipinski definition) is 4. The summed E-state index contributed by atoms with van der Waals surface area (Å²) >= 11 is 6.20. The molecule has 0 aliphatic rings. The smallest absolute Gasteiger partial charge is 0.339 e. The van der Waals surface area contributed by atoms with E-state index in [2.05, 4.69) is 20.6 Å². The molecule has 0 aliphatic heterocycles. The zero-order valence-corrected chi connectivity index (χ0v) is 14.4. The zero-order chi connectivity index (χ0) is 17.9. The Morgan fingerprint density at radius 3 is 2.75 bits per heavy atom. The summed E-state index contributed by atoms with van der Waals surface area (Å²) in [7, 11) is 0. The molecule has 0 amide bonds. The number of aliphatic hydroxyl groups excluding tert-OH is 1. The Bertz CT molecular complexity index is 592. The van der Waals surface area contributed by atoms with Crippen molar-refractivity contribution in [3.63, 3.8) is 0 Å². The van der Waals surface area contributed by atoms with Crippen LogP contribution in [0.25, 0.3) is 0 Å². The number of ether oxygens (including phenoxy) is 1. The molecular formula is C15H22ClN5O3. The number of pyridine rings is 1. The largest absolute Gasteiger partial charge is 0.462 e. The Morgan fingerprint density at radius 1 is 1.50 bits per heavy atom. The summed E-state index contributed by atoms with van der Waals surface area (Å²) in [6.07, 6.45) is 3.25. The van der Waals surface area contributed by atoms with Gasteiger partial charge in [0.25, 0.3) is 0 Å². The Morgan fingerprint density at radius 2 is 2.17 bits per heavy atom. The second-order valence-electron chi connectivity index (χ2n) is 4.67. The van der Waals surface area contributed by atoms with Crippen LogP contribution in [0.2, 0.25) is 0 Å². The molecule has 1 heterocycles. The number of nitrogens with one attached hydrogen (secondary N) is 2. The molecule has 0 aliphatic carbocycles.